The van der Waals surface area contributed by atoms with Gasteiger partial charge in [0, 0.05) is 11.1 Å². The number of hydroxylamine groups is 2. The van der Waals surface area contributed by atoms with Crippen LogP contribution in [0.2, 0.25) is 0 Å². The maximum atomic E-state index is 13.2. The van der Waals surface area contributed by atoms with E-state index >= 15 is 0 Å². The largest absolute Gasteiger partial charge is 0.651 e. The van der Waals surface area contributed by atoms with Gasteiger partial charge in [-0.15, -0.1) is 18.2 Å². The molecule has 0 aromatic heterocycles. The van der Waals surface area contributed by atoms with Crippen molar-refractivity contribution in [3.05, 3.63) is 126 Å². The predicted molar refractivity (Wildman–Crippen MR) is 136 cm³/mol. The van der Waals surface area contributed by atoms with E-state index < -0.39 is 23.9 Å². The van der Waals surface area contributed by atoms with Crippen LogP contribution in [0.4, 0.5) is 13.2 Å². The molecule has 0 saturated heterocycles. The molecule has 0 aliphatic rings. The van der Waals surface area contributed by atoms with Crippen molar-refractivity contribution in [2.24, 2.45) is 0 Å². The third-order valence-corrected chi connectivity index (χ3v) is 8.97. The Morgan fingerprint density at radius 1 is 0.694 bits per heavy atom. The maximum Gasteiger partial charge on any atom is 0.651 e. The minimum absolute atomic E-state index is 0.0704. The maximum absolute atomic E-state index is 13.2. The van der Waals surface area contributed by atoms with Gasteiger partial charge < -0.3 is 0 Å². The summed E-state index contributed by atoms with van der Waals surface area (Å²) in [5, 5.41) is 2.87. The summed E-state index contributed by atoms with van der Waals surface area (Å²) < 4.78 is 68.2. The van der Waals surface area contributed by atoms with Gasteiger partial charge >= 0.3 is 16.0 Å². The highest BCUT2D eigenvalue weighted by Crippen LogP contribution is 2.34. The van der Waals surface area contributed by atoms with E-state index in [0.29, 0.717) is 11.1 Å². The number of halogens is 3. The number of hydrogen-bond donors (Lipinski definition) is 1. The van der Waals surface area contributed by atoms with Crippen LogP contribution in [0.5, 0.6) is 0 Å². The van der Waals surface area contributed by atoms with Crippen LogP contribution >= 0.6 is 7.92 Å². The zero-order chi connectivity index (χ0) is 25.6. The van der Waals surface area contributed by atoms with Crippen LogP contribution in [0.1, 0.15) is 11.1 Å². The minimum atomic E-state index is -5.81. The average molecular weight is 531 g/mol. The molecule has 1 N–H and O–H groups in total. The number of hydrogen-bond acceptors (Lipinski definition) is 2. The third-order valence-electron chi connectivity index (χ3n) is 5.40. The molecule has 4 aromatic carbocycles. The topological polar surface area (TPSA) is 50.6 Å². The van der Waals surface area contributed by atoms with Crippen LogP contribution in [-0.2, 0) is 36.6 Å². The summed E-state index contributed by atoms with van der Waals surface area (Å²) in [6.07, 6.45) is 0. The summed E-state index contributed by atoms with van der Waals surface area (Å²) in [6, 6.07) is 35.8. The van der Waals surface area contributed by atoms with Gasteiger partial charge in [0.1, 0.15) is 13.1 Å². The first-order valence-electron chi connectivity index (χ1n) is 11.1. The predicted octanol–water partition coefficient (Wildman–Crippen LogP) is 4.24. The summed E-state index contributed by atoms with van der Waals surface area (Å²) in [5.41, 5.74) is -4.16. The molecular weight excluding hydrogens is 506 g/mol. The van der Waals surface area contributed by atoms with Crippen molar-refractivity contribution < 1.29 is 31.3 Å². The third kappa shape index (κ3) is 6.46. The highest BCUT2D eigenvalue weighted by atomic mass is 32.3. The van der Waals surface area contributed by atoms with E-state index in [-0.39, 0.29) is 18.2 Å². The first-order valence-corrected chi connectivity index (χ1v) is 13.9. The van der Waals surface area contributed by atoms with Gasteiger partial charge in [-0.25, -0.2) is 0 Å². The van der Waals surface area contributed by atoms with Crippen LogP contribution in [0, 0.1) is 0 Å². The lowest BCUT2D eigenvalue weighted by Gasteiger charge is -2.23. The summed E-state index contributed by atoms with van der Waals surface area (Å²) in [5.74, 6) is 0. The molecule has 0 amide bonds. The van der Waals surface area contributed by atoms with Crippen LogP contribution in [0.15, 0.2) is 115 Å². The number of quaternary nitrogens is 1. The van der Waals surface area contributed by atoms with E-state index in [1.54, 1.807) is 36.4 Å². The fourth-order valence-electron chi connectivity index (χ4n) is 3.82. The molecule has 185 valence electrons. The van der Waals surface area contributed by atoms with Gasteiger partial charge in [0.2, 0.25) is 0 Å². The van der Waals surface area contributed by atoms with Crippen LogP contribution < -0.4 is 21.0 Å². The molecule has 4 nitrogen and oxygen atoms in total. The lowest BCUT2D eigenvalue weighted by Crippen LogP contribution is -3.09. The molecule has 0 spiro atoms. The Morgan fingerprint density at radius 3 is 1.69 bits per heavy atom. The molecule has 4 aromatic rings. The van der Waals surface area contributed by atoms with E-state index in [1.165, 1.54) is 0 Å². The second kappa shape index (κ2) is 11.5. The standard InChI is InChI=1S/C27H23F3NO3PS/c28-27(29,30)36(32,33)34-31(20-22-12-4-1-5-13-22)21-23-14-10-11-19-26(23)35(24-15-6-2-7-16-24)25-17-8-3-9-18-25/h1-19H,20-21H2/q+1/p+1. The Bertz CT molecular complexity index is 1270. The molecule has 2 unspecified atom stereocenters. The molecule has 0 aliphatic carbocycles. The first kappa shape index (κ1) is 26.2. The zero-order valence-electron chi connectivity index (χ0n) is 19.1. The number of rotatable bonds is 9. The first-order chi connectivity index (χ1) is 17.2. The van der Waals surface area contributed by atoms with E-state index in [0.717, 1.165) is 15.9 Å². The van der Waals surface area contributed by atoms with Gasteiger partial charge in [0.25, 0.3) is 0 Å². The normalized spacial score (nSPS) is 14.4. The number of benzene rings is 4. The highest BCUT2D eigenvalue weighted by molar-refractivity contribution is 7.93. The summed E-state index contributed by atoms with van der Waals surface area (Å²) in [7, 11) is -6.86. The molecule has 0 saturated carbocycles. The molecule has 1 radical (unpaired) electrons. The van der Waals surface area contributed by atoms with Gasteiger partial charge in [-0.1, -0.05) is 115 Å². The van der Waals surface area contributed by atoms with Crippen molar-refractivity contribution in [1.82, 2.24) is 0 Å². The van der Waals surface area contributed by atoms with Crippen molar-refractivity contribution in [2.75, 3.05) is 0 Å². The fourth-order valence-corrected chi connectivity index (χ4v) is 6.81. The van der Waals surface area contributed by atoms with E-state index in [2.05, 4.69) is 0 Å². The Kier molecular flexibility index (Phi) is 8.34. The second-order valence-electron chi connectivity index (χ2n) is 8.00. The number of alkyl halides is 3. The van der Waals surface area contributed by atoms with Gasteiger partial charge in [-0.2, -0.15) is 0 Å². The molecular formula is C27H24F3NO3PS+2. The van der Waals surface area contributed by atoms with Crippen LogP contribution in [-0.4, -0.2) is 5.51 Å². The lowest BCUT2D eigenvalue weighted by atomic mass is 10.2. The number of nitrogens with one attached hydrogen (secondary N) is 1. The van der Waals surface area contributed by atoms with Gasteiger partial charge in [0.05, 0.1) is 8.84 Å². The highest BCUT2D eigenvalue weighted by Gasteiger charge is 2.68. The quantitative estimate of drug-likeness (QED) is 0.200. The Hall–Kier alpha value is -2.87. The Morgan fingerprint density at radius 2 is 1.17 bits per heavy atom. The van der Waals surface area contributed by atoms with Crippen molar-refractivity contribution >= 4 is 34.3 Å². The zero-order valence-corrected chi connectivity index (χ0v) is 20.8. The smallest absolute Gasteiger partial charge is 0.129 e. The monoisotopic (exact) mass is 530 g/mol. The van der Waals surface area contributed by atoms with Gasteiger partial charge in [0.15, 0.2) is 0 Å². The molecule has 0 heterocycles. The van der Waals surface area contributed by atoms with Gasteiger partial charge in [-0.05, 0) is 28.0 Å². The molecule has 0 fully saturated rings. The van der Waals surface area contributed by atoms with Crippen molar-refractivity contribution in [2.45, 2.75) is 18.6 Å². The van der Waals surface area contributed by atoms with E-state index in [4.69, 9.17) is 4.28 Å². The average Bonchev–Trinajstić information content (AvgIpc) is 2.86. The second-order valence-corrected chi connectivity index (χ2v) is 11.7. The molecule has 9 heteroatoms. The minimum Gasteiger partial charge on any atom is -0.129 e. The van der Waals surface area contributed by atoms with Gasteiger partial charge in [-0.3, -0.25) is 0 Å². The SMILES string of the molecule is [O][S+](=O)(O[NH+](Cc1ccccc1)Cc1ccccc1P(c1ccccc1)c1ccccc1)C(F)(F)F. The Balaban J connectivity index is 1.75. The molecule has 0 bridgehead atoms. The summed E-state index contributed by atoms with van der Waals surface area (Å²) >= 11 is 0. The van der Waals surface area contributed by atoms with E-state index in [1.807, 2.05) is 78.9 Å². The summed E-state index contributed by atoms with van der Waals surface area (Å²) in [6.45, 7) is -0.155. The fraction of sp³-hybridized carbons (Fsp3) is 0.111. The van der Waals surface area contributed by atoms with Crippen molar-refractivity contribution in [3.63, 3.8) is 0 Å². The van der Waals surface area contributed by atoms with Crippen LogP contribution in [0.3, 0.4) is 0 Å². The Labute approximate surface area is 210 Å². The van der Waals surface area contributed by atoms with Crippen LogP contribution in [0.25, 0.3) is 0 Å². The summed E-state index contributed by atoms with van der Waals surface area (Å²) in [4.78, 5) is 0. The van der Waals surface area contributed by atoms with Crippen molar-refractivity contribution in [1.29, 1.82) is 0 Å². The molecule has 2 atom stereocenters. The molecule has 0 aliphatic heterocycles. The van der Waals surface area contributed by atoms with E-state index in [9.17, 15) is 21.9 Å². The molecule has 4 rings (SSSR count). The lowest BCUT2D eigenvalue weighted by molar-refractivity contribution is -1.09. The molecule has 36 heavy (non-hydrogen) atoms. The van der Waals surface area contributed by atoms with Crippen molar-refractivity contribution in [3.8, 4) is 0 Å².